The van der Waals surface area contributed by atoms with Gasteiger partial charge in [-0.05, 0) is 36.9 Å². The number of nitro benzene ring substituents is 1. The van der Waals surface area contributed by atoms with Gasteiger partial charge in [0.1, 0.15) is 0 Å². The highest BCUT2D eigenvalue weighted by atomic mass is 16.6. The third-order valence-electron chi connectivity index (χ3n) is 3.51. The molecule has 6 nitrogen and oxygen atoms in total. The van der Waals surface area contributed by atoms with Gasteiger partial charge in [0, 0.05) is 25.2 Å². The van der Waals surface area contributed by atoms with Crippen LogP contribution in [0.15, 0.2) is 18.2 Å². The van der Waals surface area contributed by atoms with E-state index in [1.807, 2.05) is 0 Å². The zero-order chi connectivity index (χ0) is 13.8. The lowest BCUT2D eigenvalue weighted by Crippen LogP contribution is -2.26. The molecule has 19 heavy (non-hydrogen) atoms. The Bertz CT molecular complexity index is 460. The van der Waals surface area contributed by atoms with E-state index in [0.29, 0.717) is 6.54 Å². The van der Waals surface area contributed by atoms with E-state index in [1.54, 1.807) is 12.1 Å². The first-order chi connectivity index (χ1) is 9.13. The van der Waals surface area contributed by atoms with Crippen LogP contribution < -0.4 is 11.3 Å². The minimum absolute atomic E-state index is 0.108. The van der Waals surface area contributed by atoms with Crippen molar-refractivity contribution < 1.29 is 4.92 Å². The second-order valence-corrected chi connectivity index (χ2v) is 5.01. The van der Waals surface area contributed by atoms with Crippen molar-refractivity contribution in [2.45, 2.75) is 26.3 Å². The van der Waals surface area contributed by atoms with E-state index in [2.05, 4.69) is 17.2 Å². The first-order valence-electron chi connectivity index (χ1n) is 6.60. The number of hydrogen-bond acceptors (Lipinski definition) is 5. The lowest BCUT2D eigenvalue weighted by Gasteiger charge is -2.21. The van der Waals surface area contributed by atoms with E-state index in [0.717, 1.165) is 30.3 Å². The maximum absolute atomic E-state index is 10.8. The molecule has 0 aliphatic heterocycles. The largest absolute Gasteiger partial charge is 0.324 e. The molecule has 0 unspecified atom stereocenters. The predicted octanol–water partition coefficient (Wildman–Crippen LogP) is 2.11. The van der Waals surface area contributed by atoms with E-state index in [1.165, 1.54) is 18.9 Å². The summed E-state index contributed by atoms with van der Waals surface area (Å²) < 4.78 is 0. The summed E-state index contributed by atoms with van der Waals surface area (Å²) in [6.07, 6.45) is 2.60. The summed E-state index contributed by atoms with van der Waals surface area (Å²) in [5, 5.41) is 10.8. The molecule has 0 heterocycles. The van der Waals surface area contributed by atoms with E-state index in [4.69, 9.17) is 5.84 Å². The molecule has 1 aliphatic carbocycles. The maximum Gasteiger partial charge on any atom is 0.269 e. The van der Waals surface area contributed by atoms with Crippen molar-refractivity contribution in [1.29, 1.82) is 0 Å². The monoisotopic (exact) mass is 264 g/mol. The number of nitrogens with zero attached hydrogens (tertiary/aromatic N) is 2. The van der Waals surface area contributed by atoms with Gasteiger partial charge in [0.05, 0.1) is 10.6 Å². The molecule has 2 rings (SSSR count). The van der Waals surface area contributed by atoms with E-state index < -0.39 is 0 Å². The number of nitrogens with two attached hydrogens (primary N) is 1. The Morgan fingerprint density at radius 1 is 1.53 bits per heavy atom. The van der Waals surface area contributed by atoms with Gasteiger partial charge in [-0.15, -0.1) is 0 Å². The van der Waals surface area contributed by atoms with Crippen molar-refractivity contribution >= 4 is 11.4 Å². The third-order valence-corrected chi connectivity index (χ3v) is 3.51. The lowest BCUT2D eigenvalue weighted by molar-refractivity contribution is -0.384. The number of hydrogen-bond donors (Lipinski definition) is 2. The molecule has 1 aromatic rings. The van der Waals surface area contributed by atoms with Crippen molar-refractivity contribution in [3.63, 3.8) is 0 Å². The predicted molar refractivity (Wildman–Crippen MR) is 74.6 cm³/mol. The molecule has 0 radical (unpaired) electrons. The Morgan fingerprint density at radius 3 is 2.79 bits per heavy atom. The van der Waals surface area contributed by atoms with Crippen LogP contribution in [0.2, 0.25) is 0 Å². The number of rotatable bonds is 7. The summed E-state index contributed by atoms with van der Waals surface area (Å²) in [5.74, 6) is 6.27. The van der Waals surface area contributed by atoms with Crippen molar-refractivity contribution in [3.8, 4) is 0 Å². The van der Waals surface area contributed by atoms with E-state index in [-0.39, 0.29) is 10.6 Å². The Hall–Kier alpha value is -1.66. The highest BCUT2D eigenvalue weighted by molar-refractivity contribution is 5.55. The topological polar surface area (TPSA) is 84.4 Å². The van der Waals surface area contributed by atoms with Gasteiger partial charge in [-0.3, -0.25) is 20.9 Å². The summed E-state index contributed by atoms with van der Waals surface area (Å²) in [6.45, 7) is 4.79. The SMILES string of the molecule is CCN(Cc1cc([N+](=O)[O-])ccc1NN)CC1CC1. The second kappa shape index (κ2) is 5.99. The fourth-order valence-electron chi connectivity index (χ4n) is 2.18. The molecular formula is C13H20N4O2. The second-order valence-electron chi connectivity index (χ2n) is 5.01. The molecule has 0 saturated heterocycles. The van der Waals surface area contributed by atoms with Crippen LogP contribution in [0.4, 0.5) is 11.4 Å². The standard InChI is InChI=1S/C13H20N4O2/c1-2-16(8-10-3-4-10)9-11-7-12(17(18)19)5-6-13(11)15-14/h5-7,10,15H,2-4,8-9,14H2,1H3. The molecule has 104 valence electrons. The molecule has 0 aromatic heterocycles. The van der Waals surface area contributed by atoms with Gasteiger partial charge >= 0.3 is 0 Å². The number of anilines is 1. The number of nitrogen functional groups attached to an aromatic ring is 1. The molecule has 1 aliphatic rings. The lowest BCUT2D eigenvalue weighted by atomic mass is 10.1. The number of nitro groups is 1. The summed E-state index contributed by atoms with van der Waals surface area (Å²) in [7, 11) is 0. The van der Waals surface area contributed by atoms with Crippen LogP contribution in [0.1, 0.15) is 25.3 Å². The van der Waals surface area contributed by atoms with Gasteiger partial charge in [-0.1, -0.05) is 6.92 Å². The highest BCUT2D eigenvalue weighted by Crippen LogP contribution is 2.31. The van der Waals surface area contributed by atoms with Crippen LogP contribution >= 0.6 is 0 Å². The van der Waals surface area contributed by atoms with Crippen molar-refractivity contribution in [3.05, 3.63) is 33.9 Å². The van der Waals surface area contributed by atoms with Crippen LogP contribution in [0.5, 0.6) is 0 Å². The Kier molecular flexibility index (Phi) is 4.34. The molecule has 0 amide bonds. The average Bonchev–Trinajstić information content (AvgIpc) is 3.21. The first kappa shape index (κ1) is 13.8. The number of non-ortho nitro benzene ring substituents is 1. The van der Waals surface area contributed by atoms with Crippen molar-refractivity contribution in [1.82, 2.24) is 4.90 Å². The van der Waals surface area contributed by atoms with Crippen LogP contribution in [0.25, 0.3) is 0 Å². The molecule has 3 N–H and O–H groups in total. The maximum atomic E-state index is 10.8. The first-order valence-corrected chi connectivity index (χ1v) is 6.60. The summed E-state index contributed by atoms with van der Waals surface area (Å²) >= 11 is 0. The van der Waals surface area contributed by atoms with Gasteiger partial charge in [0.25, 0.3) is 5.69 Å². The van der Waals surface area contributed by atoms with Crippen LogP contribution in [0, 0.1) is 16.0 Å². The highest BCUT2D eigenvalue weighted by Gasteiger charge is 2.24. The fourth-order valence-corrected chi connectivity index (χ4v) is 2.18. The molecule has 0 bridgehead atoms. The van der Waals surface area contributed by atoms with Crippen molar-refractivity contribution in [2.75, 3.05) is 18.5 Å². The van der Waals surface area contributed by atoms with Gasteiger partial charge in [0.2, 0.25) is 0 Å². The molecule has 0 spiro atoms. The Morgan fingerprint density at radius 2 is 2.26 bits per heavy atom. The Labute approximate surface area is 112 Å². The zero-order valence-corrected chi connectivity index (χ0v) is 11.1. The number of benzene rings is 1. The summed E-state index contributed by atoms with van der Waals surface area (Å²) in [4.78, 5) is 12.8. The van der Waals surface area contributed by atoms with E-state index in [9.17, 15) is 10.1 Å². The van der Waals surface area contributed by atoms with Crippen molar-refractivity contribution in [2.24, 2.45) is 11.8 Å². The minimum atomic E-state index is -0.374. The molecular weight excluding hydrogens is 244 g/mol. The van der Waals surface area contributed by atoms with Gasteiger partial charge in [-0.25, -0.2) is 0 Å². The Balaban J connectivity index is 2.14. The fraction of sp³-hybridized carbons (Fsp3) is 0.538. The molecule has 1 fully saturated rings. The van der Waals surface area contributed by atoms with E-state index >= 15 is 0 Å². The molecule has 1 saturated carbocycles. The molecule has 1 aromatic carbocycles. The summed E-state index contributed by atoms with van der Waals surface area (Å²) in [5.41, 5.74) is 4.34. The number of nitrogens with one attached hydrogen (secondary N) is 1. The molecule has 6 heteroatoms. The molecule has 0 atom stereocenters. The number of hydrazine groups is 1. The van der Waals surface area contributed by atoms with Gasteiger partial charge < -0.3 is 5.43 Å². The third kappa shape index (κ3) is 3.65. The summed E-state index contributed by atoms with van der Waals surface area (Å²) in [6, 6.07) is 4.74. The normalized spacial score (nSPS) is 14.7. The quantitative estimate of drug-likeness (QED) is 0.447. The smallest absolute Gasteiger partial charge is 0.269 e. The van der Waals surface area contributed by atoms with Crippen LogP contribution in [0.3, 0.4) is 0 Å². The van der Waals surface area contributed by atoms with Crippen LogP contribution in [-0.2, 0) is 6.54 Å². The van der Waals surface area contributed by atoms with Gasteiger partial charge in [-0.2, -0.15) is 0 Å². The van der Waals surface area contributed by atoms with Crippen LogP contribution in [-0.4, -0.2) is 22.9 Å². The van der Waals surface area contributed by atoms with Gasteiger partial charge in [0.15, 0.2) is 0 Å². The zero-order valence-electron chi connectivity index (χ0n) is 11.1. The minimum Gasteiger partial charge on any atom is -0.324 e. The average molecular weight is 264 g/mol.